The van der Waals surface area contributed by atoms with Crippen molar-refractivity contribution in [2.45, 2.75) is 19.3 Å². The molecule has 0 spiro atoms. The van der Waals surface area contributed by atoms with Gasteiger partial charge in [-0.05, 0) is 29.8 Å². The molecule has 30 heavy (non-hydrogen) atoms. The second kappa shape index (κ2) is 9.06. The maximum absolute atomic E-state index is 13.6. The highest BCUT2D eigenvalue weighted by Gasteiger charge is 2.13. The lowest BCUT2D eigenvalue weighted by molar-refractivity contribution is 0.0189. The zero-order valence-electron chi connectivity index (χ0n) is 15.8. The Bertz CT molecular complexity index is 1220. The van der Waals surface area contributed by atoms with Crippen LogP contribution in [0.25, 0.3) is 20.7 Å². The molecule has 2 aromatic carbocycles. The van der Waals surface area contributed by atoms with Gasteiger partial charge in [0.15, 0.2) is 0 Å². The summed E-state index contributed by atoms with van der Waals surface area (Å²) in [6, 6.07) is 15.5. The van der Waals surface area contributed by atoms with E-state index in [-0.39, 0.29) is 31.1 Å². The van der Waals surface area contributed by atoms with Gasteiger partial charge < -0.3 is 9.84 Å². The van der Waals surface area contributed by atoms with Crippen LogP contribution in [0.2, 0.25) is 5.02 Å². The number of hydrogen-bond donors (Lipinski definition) is 1. The Morgan fingerprint density at radius 2 is 1.97 bits per heavy atom. The molecule has 0 unspecified atom stereocenters. The molecule has 154 valence electrons. The molecule has 1 atom stereocenters. The summed E-state index contributed by atoms with van der Waals surface area (Å²) in [7, 11) is 0. The zero-order chi connectivity index (χ0) is 21.1. The quantitative estimate of drug-likeness (QED) is 0.456. The highest BCUT2D eigenvalue weighted by Crippen LogP contribution is 2.31. The Morgan fingerprint density at radius 1 is 1.20 bits per heavy atom. The van der Waals surface area contributed by atoms with Crippen molar-refractivity contribution in [2.75, 3.05) is 6.61 Å². The van der Waals surface area contributed by atoms with Crippen LogP contribution in [0.15, 0.2) is 65.7 Å². The van der Waals surface area contributed by atoms with E-state index < -0.39 is 6.10 Å². The van der Waals surface area contributed by atoms with Gasteiger partial charge in [-0.25, -0.2) is 9.37 Å². The number of hydrogen-bond acceptors (Lipinski definition) is 5. The lowest BCUT2D eigenvalue weighted by Gasteiger charge is -2.13. The van der Waals surface area contributed by atoms with Crippen molar-refractivity contribution in [1.29, 1.82) is 0 Å². The Hall–Kier alpha value is -2.58. The normalized spacial score (nSPS) is 12.4. The molecule has 0 aliphatic heterocycles. The molecule has 4 aromatic rings. The third-order valence-corrected chi connectivity index (χ3v) is 5.98. The standard InChI is InChI=1S/C22H18ClFN2O3S/c23-16-7-5-14(6-8-16)20-9-19-21(30-20)22(28)26(13-25-19)10-17(27)12-29-11-15-3-1-2-4-18(15)24/h1-9,13,17,27H,10-12H2/t17-/m0/s1. The smallest absolute Gasteiger partial charge is 0.271 e. The molecular weight excluding hydrogens is 427 g/mol. The summed E-state index contributed by atoms with van der Waals surface area (Å²) in [5, 5.41) is 10.9. The van der Waals surface area contributed by atoms with Gasteiger partial charge in [0, 0.05) is 15.5 Å². The van der Waals surface area contributed by atoms with Crippen molar-refractivity contribution < 1.29 is 14.2 Å². The maximum Gasteiger partial charge on any atom is 0.271 e. The maximum atomic E-state index is 13.6. The summed E-state index contributed by atoms with van der Waals surface area (Å²) in [6.45, 7) is 0.0534. The van der Waals surface area contributed by atoms with Crippen LogP contribution in [-0.2, 0) is 17.9 Å². The van der Waals surface area contributed by atoms with Gasteiger partial charge in [0.25, 0.3) is 5.56 Å². The zero-order valence-corrected chi connectivity index (χ0v) is 17.4. The van der Waals surface area contributed by atoms with E-state index >= 15 is 0 Å². The van der Waals surface area contributed by atoms with Gasteiger partial charge in [0.05, 0.1) is 37.7 Å². The minimum Gasteiger partial charge on any atom is -0.389 e. The van der Waals surface area contributed by atoms with Gasteiger partial charge in [-0.15, -0.1) is 11.3 Å². The third kappa shape index (κ3) is 4.60. The SMILES string of the molecule is O=c1c2sc(-c3ccc(Cl)cc3)cc2ncn1C[C@H](O)COCc1ccccc1F. The largest absolute Gasteiger partial charge is 0.389 e. The first-order chi connectivity index (χ1) is 14.5. The van der Waals surface area contributed by atoms with E-state index in [0.29, 0.717) is 20.8 Å². The van der Waals surface area contributed by atoms with E-state index in [9.17, 15) is 14.3 Å². The first kappa shape index (κ1) is 20.7. The van der Waals surface area contributed by atoms with Crippen molar-refractivity contribution >= 4 is 33.2 Å². The summed E-state index contributed by atoms with van der Waals surface area (Å²) in [5.74, 6) is -0.355. The van der Waals surface area contributed by atoms with Crippen LogP contribution in [0.5, 0.6) is 0 Å². The minimum atomic E-state index is -0.926. The number of benzene rings is 2. The van der Waals surface area contributed by atoms with E-state index in [1.165, 1.54) is 28.3 Å². The van der Waals surface area contributed by atoms with Gasteiger partial charge in [-0.1, -0.05) is 41.9 Å². The van der Waals surface area contributed by atoms with Crippen molar-refractivity contribution in [2.24, 2.45) is 0 Å². The average Bonchev–Trinajstić information content (AvgIpc) is 3.17. The second-order valence-corrected chi connectivity index (χ2v) is 8.28. The molecular formula is C22H18ClFN2O3S. The summed E-state index contributed by atoms with van der Waals surface area (Å²) >= 11 is 7.28. The number of aliphatic hydroxyl groups excluding tert-OH is 1. The van der Waals surface area contributed by atoms with Gasteiger partial charge >= 0.3 is 0 Å². The average molecular weight is 445 g/mol. The van der Waals surface area contributed by atoms with Crippen molar-refractivity contribution in [3.8, 4) is 10.4 Å². The molecule has 0 bridgehead atoms. The molecule has 4 rings (SSSR count). The van der Waals surface area contributed by atoms with E-state index in [2.05, 4.69) is 4.98 Å². The topological polar surface area (TPSA) is 64.4 Å². The Labute approximate surface area is 181 Å². The molecule has 0 aliphatic rings. The molecule has 2 aromatic heterocycles. The summed E-state index contributed by atoms with van der Waals surface area (Å²) in [4.78, 5) is 18.1. The van der Waals surface area contributed by atoms with Gasteiger partial charge in [0.1, 0.15) is 10.5 Å². The molecule has 0 amide bonds. The van der Waals surface area contributed by atoms with E-state index in [1.807, 2.05) is 18.2 Å². The number of aliphatic hydroxyl groups is 1. The summed E-state index contributed by atoms with van der Waals surface area (Å²) in [6.07, 6.45) is 0.493. The third-order valence-electron chi connectivity index (χ3n) is 4.57. The number of aromatic nitrogens is 2. The highest BCUT2D eigenvalue weighted by molar-refractivity contribution is 7.22. The number of halogens is 2. The van der Waals surface area contributed by atoms with E-state index in [4.69, 9.17) is 16.3 Å². The predicted octanol–water partition coefficient (Wildman–Crippen LogP) is 4.50. The van der Waals surface area contributed by atoms with Gasteiger partial charge in [0.2, 0.25) is 0 Å². The predicted molar refractivity (Wildman–Crippen MR) is 116 cm³/mol. The van der Waals surface area contributed by atoms with Crippen LogP contribution in [0.4, 0.5) is 4.39 Å². The van der Waals surface area contributed by atoms with Crippen LogP contribution in [0, 0.1) is 5.82 Å². The van der Waals surface area contributed by atoms with Crippen LogP contribution in [0.3, 0.4) is 0 Å². The number of fused-ring (bicyclic) bond motifs is 1. The number of nitrogens with zero attached hydrogens (tertiary/aromatic N) is 2. The Kier molecular flexibility index (Phi) is 6.24. The Balaban J connectivity index is 1.45. The lowest BCUT2D eigenvalue weighted by atomic mass is 10.2. The number of rotatable bonds is 7. The molecule has 0 aliphatic carbocycles. The molecule has 2 heterocycles. The second-order valence-electron chi connectivity index (χ2n) is 6.79. The van der Waals surface area contributed by atoms with Crippen molar-refractivity contribution in [3.05, 3.63) is 87.7 Å². The van der Waals surface area contributed by atoms with Crippen LogP contribution in [-0.4, -0.2) is 27.4 Å². The minimum absolute atomic E-state index is 0.0285. The molecule has 0 saturated carbocycles. The monoisotopic (exact) mass is 444 g/mol. The number of thiophene rings is 1. The molecule has 0 radical (unpaired) electrons. The summed E-state index contributed by atoms with van der Waals surface area (Å²) < 4.78 is 20.9. The summed E-state index contributed by atoms with van der Waals surface area (Å²) in [5.41, 5.74) is 1.75. The van der Waals surface area contributed by atoms with Crippen LogP contribution < -0.4 is 5.56 Å². The molecule has 0 saturated heterocycles. The lowest BCUT2D eigenvalue weighted by Crippen LogP contribution is -2.29. The van der Waals surface area contributed by atoms with E-state index in [1.54, 1.807) is 30.3 Å². The molecule has 1 N–H and O–H groups in total. The van der Waals surface area contributed by atoms with Crippen molar-refractivity contribution in [3.63, 3.8) is 0 Å². The van der Waals surface area contributed by atoms with Gasteiger partial charge in [-0.2, -0.15) is 0 Å². The fourth-order valence-electron chi connectivity index (χ4n) is 3.03. The fraction of sp³-hybridized carbons (Fsp3) is 0.182. The molecule has 8 heteroatoms. The Morgan fingerprint density at radius 3 is 2.73 bits per heavy atom. The fourth-order valence-corrected chi connectivity index (χ4v) is 4.22. The first-order valence-corrected chi connectivity index (χ1v) is 10.4. The van der Waals surface area contributed by atoms with Gasteiger partial charge in [-0.3, -0.25) is 9.36 Å². The number of ether oxygens (including phenoxy) is 1. The molecule has 5 nitrogen and oxygen atoms in total. The molecule has 0 fully saturated rings. The van der Waals surface area contributed by atoms with Crippen molar-refractivity contribution in [1.82, 2.24) is 9.55 Å². The first-order valence-electron chi connectivity index (χ1n) is 9.25. The van der Waals surface area contributed by atoms with Crippen LogP contribution >= 0.6 is 22.9 Å². The highest BCUT2D eigenvalue weighted by atomic mass is 35.5. The van der Waals surface area contributed by atoms with E-state index in [0.717, 1.165) is 10.4 Å². The van der Waals surface area contributed by atoms with Crippen LogP contribution in [0.1, 0.15) is 5.56 Å².